The van der Waals surface area contributed by atoms with Crippen molar-refractivity contribution in [3.05, 3.63) is 64.7 Å². The fraction of sp³-hybridized carbons (Fsp3) is 0.188. The molecule has 2 aromatic carbocycles. The van der Waals surface area contributed by atoms with E-state index >= 15 is 0 Å². The Labute approximate surface area is 132 Å². The van der Waals surface area contributed by atoms with Crippen LogP contribution in [0.4, 0.5) is 14.5 Å². The molecule has 0 aliphatic carbocycles. The minimum atomic E-state index is -0.512. The summed E-state index contributed by atoms with van der Waals surface area (Å²) in [6.45, 7) is 0.366. The Kier molecular flexibility index (Phi) is 5.72. The summed E-state index contributed by atoms with van der Waals surface area (Å²) < 4.78 is 26.4. The van der Waals surface area contributed by atoms with Gasteiger partial charge < -0.3 is 10.6 Å². The largest absolute Gasteiger partial charge is 0.376 e. The van der Waals surface area contributed by atoms with E-state index in [1.807, 2.05) is 0 Å². The number of hydrogen-bond donors (Lipinski definition) is 2. The monoisotopic (exact) mass is 324 g/mol. The molecule has 1 amide bonds. The first kappa shape index (κ1) is 16.2. The summed E-state index contributed by atoms with van der Waals surface area (Å²) in [6.07, 6.45) is 0.417. The van der Waals surface area contributed by atoms with E-state index in [1.54, 1.807) is 18.2 Å². The van der Waals surface area contributed by atoms with Crippen LogP contribution in [0, 0.1) is 11.6 Å². The van der Waals surface area contributed by atoms with Gasteiger partial charge in [0.2, 0.25) is 5.91 Å². The van der Waals surface area contributed by atoms with Crippen LogP contribution in [-0.2, 0) is 11.2 Å². The average molecular weight is 325 g/mol. The maximum atomic E-state index is 13.4. The Morgan fingerprint density at radius 3 is 2.59 bits per heavy atom. The van der Waals surface area contributed by atoms with Gasteiger partial charge in [0.1, 0.15) is 11.6 Å². The minimum absolute atomic E-state index is 0.00930. The van der Waals surface area contributed by atoms with Crippen LogP contribution >= 0.6 is 11.6 Å². The number of nitrogens with one attached hydrogen (secondary N) is 2. The fourth-order valence-corrected chi connectivity index (χ4v) is 2.07. The van der Waals surface area contributed by atoms with Gasteiger partial charge >= 0.3 is 0 Å². The molecule has 0 fully saturated rings. The van der Waals surface area contributed by atoms with Crippen LogP contribution in [0.3, 0.4) is 0 Å². The molecule has 2 aromatic rings. The molecular formula is C16H15ClF2N2O. The molecular weight excluding hydrogens is 310 g/mol. The van der Waals surface area contributed by atoms with Gasteiger partial charge in [0, 0.05) is 12.2 Å². The van der Waals surface area contributed by atoms with Crippen LogP contribution in [0.1, 0.15) is 5.56 Å². The van der Waals surface area contributed by atoms with Crippen LogP contribution in [0.25, 0.3) is 0 Å². The SMILES string of the molecule is O=C(CNc1ccc(F)c(Cl)c1)NCCc1ccccc1F. The van der Waals surface area contributed by atoms with Crippen LogP contribution < -0.4 is 10.6 Å². The second-order valence-electron chi connectivity index (χ2n) is 4.67. The van der Waals surface area contributed by atoms with Crippen LogP contribution in [-0.4, -0.2) is 19.0 Å². The van der Waals surface area contributed by atoms with Crippen molar-refractivity contribution in [1.82, 2.24) is 5.32 Å². The Hall–Kier alpha value is -2.14. The van der Waals surface area contributed by atoms with Crippen molar-refractivity contribution < 1.29 is 13.6 Å². The molecule has 0 unspecified atom stereocenters. The van der Waals surface area contributed by atoms with Gasteiger partial charge in [-0.15, -0.1) is 0 Å². The molecule has 0 saturated heterocycles. The highest BCUT2D eigenvalue weighted by molar-refractivity contribution is 6.31. The number of carbonyl (C=O) groups excluding carboxylic acids is 1. The molecule has 0 spiro atoms. The zero-order valence-corrected chi connectivity index (χ0v) is 12.5. The predicted octanol–water partition coefficient (Wildman–Crippen LogP) is 3.39. The number of rotatable bonds is 6. The van der Waals surface area contributed by atoms with Crippen LogP contribution in [0.5, 0.6) is 0 Å². The second-order valence-corrected chi connectivity index (χ2v) is 5.08. The molecule has 3 nitrogen and oxygen atoms in total. The minimum Gasteiger partial charge on any atom is -0.376 e. The van der Waals surface area contributed by atoms with Gasteiger partial charge in [-0.1, -0.05) is 29.8 Å². The summed E-state index contributed by atoms with van der Waals surface area (Å²) in [5.74, 6) is -1.03. The summed E-state index contributed by atoms with van der Waals surface area (Å²) in [5.41, 5.74) is 1.11. The molecule has 0 radical (unpaired) electrons. The van der Waals surface area contributed by atoms with E-state index in [4.69, 9.17) is 11.6 Å². The van der Waals surface area contributed by atoms with Crippen molar-refractivity contribution in [3.8, 4) is 0 Å². The third-order valence-corrected chi connectivity index (χ3v) is 3.34. The number of anilines is 1. The van der Waals surface area contributed by atoms with Gasteiger partial charge in [0.05, 0.1) is 11.6 Å². The molecule has 0 atom stereocenters. The van der Waals surface area contributed by atoms with Crippen LogP contribution in [0.2, 0.25) is 5.02 Å². The van der Waals surface area contributed by atoms with Crippen molar-refractivity contribution in [2.24, 2.45) is 0 Å². The lowest BCUT2D eigenvalue weighted by atomic mass is 10.1. The molecule has 2 N–H and O–H groups in total. The molecule has 0 aliphatic rings. The molecule has 6 heteroatoms. The maximum Gasteiger partial charge on any atom is 0.239 e. The molecule has 0 bridgehead atoms. The quantitative estimate of drug-likeness (QED) is 0.855. The molecule has 22 heavy (non-hydrogen) atoms. The van der Waals surface area contributed by atoms with E-state index < -0.39 is 5.82 Å². The fourth-order valence-electron chi connectivity index (χ4n) is 1.89. The molecule has 0 heterocycles. The summed E-state index contributed by atoms with van der Waals surface area (Å²) in [5, 5.41) is 5.51. The van der Waals surface area contributed by atoms with E-state index in [2.05, 4.69) is 10.6 Å². The highest BCUT2D eigenvalue weighted by atomic mass is 35.5. The van der Waals surface area contributed by atoms with Crippen LogP contribution in [0.15, 0.2) is 42.5 Å². The molecule has 116 valence electrons. The zero-order chi connectivity index (χ0) is 15.9. The lowest BCUT2D eigenvalue weighted by Gasteiger charge is -2.08. The number of carbonyl (C=O) groups is 1. The summed E-state index contributed by atoms with van der Waals surface area (Å²) in [7, 11) is 0. The zero-order valence-electron chi connectivity index (χ0n) is 11.7. The third kappa shape index (κ3) is 4.70. The smallest absolute Gasteiger partial charge is 0.239 e. The van der Waals surface area contributed by atoms with E-state index in [-0.39, 0.29) is 23.3 Å². The van der Waals surface area contributed by atoms with Gasteiger partial charge in [0.25, 0.3) is 0 Å². The number of benzene rings is 2. The Morgan fingerprint density at radius 2 is 1.86 bits per heavy atom. The van der Waals surface area contributed by atoms with E-state index in [1.165, 1.54) is 24.3 Å². The van der Waals surface area contributed by atoms with E-state index in [0.29, 0.717) is 24.2 Å². The molecule has 0 aliphatic heterocycles. The second kappa shape index (κ2) is 7.75. The average Bonchev–Trinajstić information content (AvgIpc) is 2.50. The predicted molar refractivity (Wildman–Crippen MR) is 83.0 cm³/mol. The first-order valence-electron chi connectivity index (χ1n) is 6.75. The molecule has 2 rings (SSSR count). The normalized spacial score (nSPS) is 10.3. The topological polar surface area (TPSA) is 41.1 Å². The Balaban J connectivity index is 1.74. The standard InChI is InChI=1S/C16H15ClF2N2O/c17-13-9-12(5-6-15(13)19)21-10-16(22)20-8-7-11-3-1-2-4-14(11)18/h1-6,9,21H,7-8,10H2,(H,20,22). The first-order chi connectivity index (χ1) is 10.6. The summed E-state index contributed by atoms with van der Waals surface area (Å²) in [4.78, 5) is 11.7. The van der Waals surface area contributed by atoms with Crippen molar-refractivity contribution >= 4 is 23.2 Å². The van der Waals surface area contributed by atoms with Gasteiger partial charge in [0.15, 0.2) is 0 Å². The van der Waals surface area contributed by atoms with Gasteiger partial charge in [-0.25, -0.2) is 8.78 Å². The Bertz CT molecular complexity index is 664. The lowest BCUT2D eigenvalue weighted by molar-refractivity contribution is -0.119. The molecule has 0 saturated carbocycles. The van der Waals surface area contributed by atoms with Gasteiger partial charge in [-0.2, -0.15) is 0 Å². The van der Waals surface area contributed by atoms with Gasteiger partial charge in [-0.05, 0) is 36.2 Å². The van der Waals surface area contributed by atoms with Crippen molar-refractivity contribution in [1.29, 1.82) is 0 Å². The van der Waals surface area contributed by atoms with Gasteiger partial charge in [-0.3, -0.25) is 4.79 Å². The van der Waals surface area contributed by atoms with Crippen molar-refractivity contribution in [2.45, 2.75) is 6.42 Å². The molecule has 0 aromatic heterocycles. The first-order valence-corrected chi connectivity index (χ1v) is 7.13. The Morgan fingerprint density at radius 1 is 1.09 bits per heavy atom. The third-order valence-electron chi connectivity index (χ3n) is 3.05. The highest BCUT2D eigenvalue weighted by Crippen LogP contribution is 2.18. The highest BCUT2D eigenvalue weighted by Gasteiger charge is 2.05. The lowest BCUT2D eigenvalue weighted by Crippen LogP contribution is -2.31. The number of halogens is 3. The van der Waals surface area contributed by atoms with E-state index in [0.717, 1.165) is 0 Å². The van der Waals surface area contributed by atoms with Crippen molar-refractivity contribution in [3.63, 3.8) is 0 Å². The number of amides is 1. The summed E-state index contributed by atoms with van der Waals surface area (Å²) in [6, 6.07) is 10.6. The van der Waals surface area contributed by atoms with Crippen molar-refractivity contribution in [2.75, 3.05) is 18.4 Å². The summed E-state index contributed by atoms with van der Waals surface area (Å²) >= 11 is 5.64. The maximum absolute atomic E-state index is 13.4. The van der Waals surface area contributed by atoms with E-state index in [9.17, 15) is 13.6 Å². The number of hydrogen-bond acceptors (Lipinski definition) is 2.